The highest BCUT2D eigenvalue weighted by atomic mass is 15.0. The first-order valence-electron chi connectivity index (χ1n) is 15.9. The molecule has 0 aliphatic carbocycles. The van der Waals surface area contributed by atoms with Gasteiger partial charge in [-0.05, 0) is 61.0 Å². The molecule has 2 heterocycles. The molecule has 0 aliphatic heterocycles. The van der Waals surface area contributed by atoms with Gasteiger partial charge in [0.2, 0.25) is 0 Å². The van der Waals surface area contributed by atoms with E-state index in [1.807, 2.05) is 18.2 Å². The van der Waals surface area contributed by atoms with Crippen molar-refractivity contribution in [2.75, 3.05) is 0 Å². The third-order valence-corrected chi connectivity index (χ3v) is 9.44. The van der Waals surface area contributed by atoms with Gasteiger partial charge in [0.05, 0.1) is 39.4 Å². The molecule has 2 aromatic heterocycles. The minimum Gasteiger partial charge on any atom is -0.309 e. The van der Waals surface area contributed by atoms with Crippen molar-refractivity contribution >= 4 is 43.6 Å². The van der Waals surface area contributed by atoms with Crippen LogP contribution in [0.25, 0.3) is 77.2 Å². The van der Waals surface area contributed by atoms with Crippen molar-refractivity contribution in [3.05, 3.63) is 169 Å². The zero-order chi connectivity index (χ0) is 31.5. The van der Waals surface area contributed by atoms with Crippen LogP contribution in [-0.4, -0.2) is 9.13 Å². The largest absolute Gasteiger partial charge is 0.309 e. The third kappa shape index (κ3) is 4.13. The maximum absolute atomic E-state index is 10.2. The molecule has 0 saturated heterocycles. The highest BCUT2D eigenvalue weighted by Crippen LogP contribution is 2.42. The Morgan fingerprint density at radius 2 is 0.979 bits per heavy atom. The van der Waals surface area contributed by atoms with E-state index in [0.29, 0.717) is 5.56 Å². The van der Waals surface area contributed by atoms with Crippen LogP contribution in [0.3, 0.4) is 0 Å². The fourth-order valence-electron chi connectivity index (χ4n) is 7.37. The predicted molar refractivity (Wildman–Crippen MR) is 195 cm³/mol. The maximum Gasteiger partial charge on any atom is 0.0998 e. The zero-order valence-corrected chi connectivity index (χ0v) is 25.9. The summed E-state index contributed by atoms with van der Waals surface area (Å²) in [6.45, 7) is 2.15. The molecule has 3 heteroatoms. The summed E-state index contributed by atoms with van der Waals surface area (Å²) in [6, 6.07) is 58.3. The minimum absolute atomic E-state index is 0.657. The number of para-hydroxylation sites is 4. The second-order valence-electron chi connectivity index (χ2n) is 12.1. The average Bonchev–Trinajstić information content (AvgIpc) is 3.64. The van der Waals surface area contributed by atoms with Crippen molar-refractivity contribution in [3.8, 4) is 39.7 Å². The Morgan fingerprint density at radius 3 is 1.66 bits per heavy atom. The summed E-state index contributed by atoms with van der Waals surface area (Å²) < 4.78 is 4.74. The fourth-order valence-corrected chi connectivity index (χ4v) is 7.37. The van der Waals surface area contributed by atoms with Gasteiger partial charge in [0.15, 0.2) is 0 Å². The lowest BCUT2D eigenvalue weighted by Gasteiger charge is -2.20. The molecule has 0 fully saturated rings. The van der Waals surface area contributed by atoms with Gasteiger partial charge in [-0.2, -0.15) is 5.26 Å². The molecule has 0 unspecified atom stereocenters. The normalized spacial score (nSPS) is 11.5. The summed E-state index contributed by atoms with van der Waals surface area (Å²) in [5, 5.41) is 15.1. The van der Waals surface area contributed by atoms with Gasteiger partial charge >= 0.3 is 0 Å². The molecule has 7 aromatic carbocycles. The van der Waals surface area contributed by atoms with Crippen LogP contribution < -0.4 is 0 Å². The Bertz CT molecular complexity index is 2640. The second-order valence-corrected chi connectivity index (χ2v) is 12.1. The van der Waals surface area contributed by atoms with Crippen LogP contribution in [0, 0.1) is 18.3 Å². The summed E-state index contributed by atoms with van der Waals surface area (Å²) in [6.07, 6.45) is 0. The van der Waals surface area contributed by atoms with Crippen molar-refractivity contribution in [1.29, 1.82) is 5.26 Å². The minimum atomic E-state index is 0.657. The molecule has 220 valence electrons. The van der Waals surface area contributed by atoms with Crippen LogP contribution in [-0.2, 0) is 0 Å². The molecule has 9 rings (SSSR count). The van der Waals surface area contributed by atoms with Gasteiger partial charge in [0, 0.05) is 43.9 Å². The van der Waals surface area contributed by atoms with E-state index in [-0.39, 0.29) is 0 Å². The van der Waals surface area contributed by atoms with Crippen LogP contribution in [0.5, 0.6) is 0 Å². The van der Waals surface area contributed by atoms with Crippen LogP contribution in [0.1, 0.15) is 11.1 Å². The number of nitrogens with zero attached hydrogens (tertiary/aromatic N) is 3. The predicted octanol–water partition coefficient (Wildman–Crippen LogP) is 11.4. The Labute approximate surface area is 272 Å². The lowest BCUT2D eigenvalue weighted by molar-refractivity contribution is 1.17. The monoisotopic (exact) mass is 599 g/mol. The SMILES string of the molecule is Cc1ccc2c(c1)c1ccccc1n2-c1c(-c2ccc(-n3c4ccccc4c4ccccc43)cc2)cccc1-c1ccccc1C#N. The van der Waals surface area contributed by atoms with E-state index in [0.717, 1.165) is 44.7 Å². The molecule has 3 nitrogen and oxygen atoms in total. The molecule has 0 saturated carbocycles. The standard InChI is InChI=1S/C44H29N3/c1-29-21-26-43-39(27-29)37-15-6-9-20-42(37)47(43)44-34(16-10-17-38(44)33-12-3-2-11-31(33)28-45)30-22-24-32(25-23-30)46-40-18-7-4-13-35(40)36-14-5-8-19-41(36)46/h2-27H,1H3. The Balaban J connectivity index is 1.32. The number of nitriles is 1. The number of aryl methyl sites for hydroxylation is 1. The van der Waals surface area contributed by atoms with Crippen molar-refractivity contribution in [2.24, 2.45) is 0 Å². The Morgan fingerprint density at radius 1 is 0.447 bits per heavy atom. The van der Waals surface area contributed by atoms with Crippen LogP contribution >= 0.6 is 0 Å². The van der Waals surface area contributed by atoms with E-state index in [4.69, 9.17) is 0 Å². The van der Waals surface area contributed by atoms with E-state index in [1.54, 1.807) is 0 Å². The molecule has 0 N–H and O–H groups in total. The molecule has 9 aromatic rings. The summed E-state index contributed by atoms with van der Waals surface area (Å²) in [5.74, 6) is 0. The van der Waals surface area contributed by atoms with Gasteiger partial charge < -0.3 is 9.13 Å². The van der Waals surface area contributed by atoms with Gasteiger partial charge in [-0.25, -0.2) is 0 Å². The van der Waals surface area contributed by atoms with Crippen molar-refractivity contribution in [1.82, 2.24) is 9.13 Å². The summed E-state index contributed by atoms with van der Waals surface area (Å²) >= 11 is 0. The summed E-state index contributed by atoms with van der Waals surface area (Å²) in [4.78, 5) is 0. The van der Waals surface area contributed by atoms with Crippen LogP contribution in [0.4, 0.5) is 0 Å². The fraction of sp³-hybridized carbons (Fsp3) is 0.0227. The molecule has 0 amide bonds. The first-order valence-corrected chi connectivity index (χ1v) is 15.9. The summed E-state index contributed by atoms with van der Waals surface area (Å²) in [5.41, 5.74) is 12.9. The molecular weight excluding hydrogens is 571 g/mol. The average molecular weight is 600 g/mol. The van der Waals surface area contributed by atoms with E-state index < -0.39 is 0 Å². The first kappa shape index (κ1) is 27.0. The molecule has 0 aliphatic rings. The topological polar surface area (TPSA) is 33.6 Å². The highest BCUT2D eigenvalue weighted by Gasteiger charge is 2.21. The third-order valence-electron chi connectivity index (χ3n) is 9.44. The number of aromatic nitrogens is 2. The molecule has 0 radical (unpaired) electrons. The van der Waals surface area contributed by atoms with Gasteiger partial charge in [-0.15, -0.1) is 0 Å². The van der Waals surface area contributed by atoms with Crippen molar-refractivity contribution < 1.29 is 0 Å². The number of hydrogen-bond donors (Lipinski definition) is 0. The Hall–Kier alpha value is -6.37. The van der Waals surface area contributed by atoms with Gasteiger partial charge in [-0.3, -0.25) is 0 Å². The lowest BCUT2D eigenvalue weighted by Crippen LogP contribution is -2.01. The lowest BCUT2D eigenvalue weighted by atomic mass is 9.93. The second kappa shape index (κ2) is 10.6. The quantitative estimate of drug-likeness (QED) is 0.198. The van der Waals surface area contributed by atoms with E-state index in [9.17, 15) is 5.26 Å². The van der Waals surface area contributed by atoms with Crippen molar-refractivity contribution in [2.45, 2.75) is 6.92 Å². The number of benzene rings is 7. The van der Waals surface area contributed by atoms with E-state index >= 15 is 0 Å². The molecule has 47 heavy (non-hydrogen) atoms. The van der Waals surface area contributed by atoms with Crippen LogP contribution in [0.2, 0.25) is 0 Å². The zero-order valence-electron chi connectivity index (χ0n) is 25.9. The van der Waals surface area contributed by atoms with E-state index in [2.05, 4.69) is 162 Å². The van der Waals surface area contributed by atoms with E-state index in [1.165, 1.54) is 38.1 Å². The van der Waals surface area contributed by atoms with Crippen LogP contribution in [0.15, 0.2) is 158 Å². The van der Waals surface area contributed by atoms with Gasteiger partial charge in [0.1, 0.15) is 0 Å². The number of fused-ring (bicyclic) bond motifs is 6. The molecule has 0 bridgehead atoms. The maximum atomic E-state index is 10.2. The van der Waals surface area contributed by atoms with Gasteiger partial charge in [-0.1, -0.05) is 115 Å². The summed E-state index contributed by atoms with van der Waals surface area (Å²) in [7, 11) is 0. The van der Waals surface area contributed by atoms with Gasteiger partial charge in [0.25, 0.3) is 0 Å². The molecular formula is C44H29N3. The Kier molecular flexibility index (Phi) is 6.10. The smallest absolute Gasteiger partial charge is 0.0998 e. The van der Waals surface area contributed by atoms with Crippen molar-refractivity contribution in [3.63, 3.8) is 0 Å². The molecule has 0 spiro atoms. The number of hydrogen-bond acceptors (Lipinski definition) is 1. The molecule has 0 atom stereocenters. The number of rotatable bonds is 4. The highest BCUT2D eigenvalue weighted by molar-refractivity contribution is 6.11. The first-order chi connectivity index (χ1) is 23.2.